The van der Waals surface area contributed by atoms with E-state index in [4.69, 9.17) is 0 Å². The molecular formula is C10H19N3O3. The molecular weight excluding hydrogens is 210 g/mol. The Morgan fingerprint density at radius 3 is 2.88 bits per heavy atom. The number of carbonyl (C=O) groups is 2. The quantitative estimate of drug-likeness (QED) is 0.682. The number of carbonyl (C=O) groups excluding carboxylic acids is 2. The molecule has 0 radical (unpaired) electrons. The normalized spacial score (nSPS) is 15.8. The van der Waals surface area contributed by atoms with Crippen LogP contribution in [0.2, 0.25) is 0 Å². The third-order valence-corrected chi connectivity index (χ3v) is 1.69. The predicted octanol–water partition coefficient (Wildman–Crippen LogP) is 0.272. The van der Waals surface area contributed by atoms with Gasteiger partial charge in [-0.1, -0.05) is 19.9 Å². The molecule has 16 heavy (non-hydrogen) atoms. The summed E-state index contributed by atoms with van der Waals surface area (Å²) in [7, 11) is 1.56. The Bertz CT molecular complexity index is 254. The van der Waals surface area contributed by atoms with E-state index < -0.39 is 6.09 Å². The van der Waals surface area contributed by atoms with E-state index in [-0.39, 0.29) is 5.91 Å². The third-order valence-electron chi connectivity index (χ3n) is 1.69. The number of hydrogen-bond acceptors (Lipinski definition) is 4. The van der Waals surface area contributed by atoms with E-state index in [0.29, 0.717) is 19.7 Å². The van der Waals surface area contributed by atoms with Gasteiger partial charge in [-0.15, -0.1) is 0 Å². The standard InChI is InChI=1S/C8H13N3O3.C2H6/c1-9-7(12)3-2-4-11-5-6-14-8(13)10-11;1-2/h2-3H,4-6H2,1H3,(H,9,12)(H,10,13);1-2H3/b3-2+;. The van der Waals surface area contributed by atoms with E-state index in [1.54, 1.807) is 18.1 Å². The maximum Gasteiger partial charge on any atom is 0.421 e. The highest BCUT2D eigenvalue weighted by molar-refractivity contribution is 5.87. The summed E-state index contributed by atoms with van der Waals surface area (Å²) in [6.07, 6.45) is 2.64. The summed E-state index contributed by atoms with van der Waals surface area (Å²) in [4.78, 5) is 21.5. The largest absolute Gasteiger partial charge is 0.447 e. The molecule has 1 saturated heterocycles. The smallest absolute Gasteiger partial charge is 0.421 e. The van der Waals surface area contributed by atoms with Crippen molar-refractivity contribution >= 4 is 12.0 Å². The van der Waals surface area contributed by atoms with Crippen LogP contribution in [-0.2, 0) is 9.53 Å². The molecule has 0 unspecified atom stereocenters. The first kappa shape index (κ1) is 14.4. The number of nitrogens with one attached hydrogen (secondary N) is 2. The molecule has 0 aliphatic carbocycles. The molecule has 0 saturated carbocycles. The SMILES string of the molecule is CC.CNC(=O)/C=C/CN1CCOC(=O)N1. The van der Waals surface area contributed by atoms with Crippen LogP contribution in [0.25, 0.3) is 0 Å². The van der Waals surface area contributed by atoms with Crippen LogP contribution in [0.5, 0.6) is 0 Å². The highest BCUT2D eigenvalue weighted by Gasteiger charge is 2.14. The molecule has 1 rings (SSSR count). The van der Waals surface area contributed by atoms with Crippen molar-refractivity contribution in [3.8, 4) is 0 Å². The topological polar surface area (TPSA) is 70.7 Å². The Balaban J connectivity index is 0.00000106. The third kappa shape index (κ3) is 6.02. The van der Waals surface area contributed by atoms with Crippen LogP contribution < -0.4 is 10.7 Å². The van der Waals surface area contributed by atoms with Gasteiger partial charge in [-0.25, -0.2) is 9.80 Å². The van der Waals surface area contributed by atoms with Gasteiger partial charge >= 0.3 is 6.09 Å². The molecule has 92 valence electrons. The molecule has 0 atom stereocenters. The molecule has 2 amide bonds. The van der Waals surface area contributed by atoms with Gasteiger partial charge in [-0.05, 0) is 0 Å². The minimum Gasteiger partial charge on any atom is -0.447 e. The second-order valence-electron chi connectivity index (χ2n) is 2.71. The van der Waals surface area contributed by atoms with Crippen molar-refractivity contribution in [1.82, 2.24) is 15.8 Å². The Morgan fingerprint density at radius 1 is 1.62 bits per heavy atom. The van der Waals surface area contributed by atoms with Crippen molar-refractivity contribution in [2.75, 3.05) is 26.7 Å². The van der Waals surface area contributed by atoms with Crippen LogP contribution in [-0.4, -0.2) is 43.8 Å². The zero-order valence-corrected chi connectivity index (χ0v) is 9.95. The highest BCUT2D eigenvalue weighted by Crippen LogP contribution is 1.93. The number of nitrogens with zero attached hydrogens (tertiary/aromatic N) is 1. The lowest BCUT2D eigenvalue weighted by molar-refractivity contribution is -0.116. The van der Waals surface area contributed by atoms with Gasteiger partial charge in [0.2, 0.25) is 5.91 Å². The number of ether oxygens (including phenoxy) is 1. The Kier molecular flexibility index (Phi) is 7.87. The van der Waals surface area contributed by atoms with Gasteiger partial charge in [0.05, 0.1) is 6.54 Å². The van der Waals surface area contributed by atoms with Gasteiger partial charge in [-0.2, -0.15) is 0 Å². The van der Waals surface area contributed by atoms with E-state index >= 15 is 0 Å². The summed E-state index contributed by atoms with van der Waals surface area (Å²) >= 11 is 0. The summed E-state index contributed by atoms with van der Waals surface area (Å²) in [6.45, 7) is 5.48. The van der Waals surface area contributed by atoms with Crippen molar-refractivity contribution in [3.05, 3.63) is 12.2 Å². The van der Waals surface area contributed by atoms with E-state index in [1.807, 2.05) is 13.8 Å². The Morgan fingerprint density at radius 2 is 2.31 bits per heavy atom. The van der Waals surface area contributed by atoms with Gasteiger partial charge in [0.25, 0.3) is 0 Å². The maximum absolute atomic E-state index is 10.8. The fourth-order valence-corrected chi connectivity index (χ4v) is 0.973. The average molecular weight is 229 g/mol. The molecule has 2 N–H and O–H groups in total. The van der Waals surface area contributed by atoms with E-state index in [1.165, 1.54) is 6.08 Å². The number of cyclic esters (lactones) is 1. The van der Waals surface area contributed by atoms with Crippen LogP contribution in [0.1, 0.15) is 13.8 Å². The van der Waals surface area contributed by atoms with Gasteiger partial charge < -0.3 is 10.1 Å². The molecule has 1 aliphatic rings. The fourth-order valence-electron chi connectivity index (χ4n) is 0.973. The Labute approximate surface area is 95.6 Å². The van der Waals surface area contributed by atoms with Crippen molar-refractivity contribution < 1.29 is 14.3 Å². The van der Waals surface area contributed by atoms with Crippen molar-refractivity contribution in [2.45, 2.75) is 13.8 Å². The summed E-state index contributed by atoms with van der Waals surface area (Å²) < 4.78 is 4.66. The van der Waals surface area contributed by atoms with Gasteiger partial charge in [-0.3, -0.25) is 10.2 Å². The van der Waals surface area contributed by atoms with Crippen LogP contribution in [0.15, 0.2) is 12.2 Å². The first-order chi connectivity index (χ1) is 7.72. The first-order valence-electron chi connectivity index (χ1n) is 5.29. The number of hydrazine groups is 1. The lowest BCUT2D eigenvalue weighted by Crippen LogP contribution is -2.49. The average Bonchev–Trinajstić information content (AvgIpc) is 2.31. The second kappa shape index (κ2) is 8.72. The summed E-state index contributed by atoms with van der Waals surface area (Å²) in [6, 6.07) is 0. The molecule has 0 bridgehead atoms. The summed E-state index contributed by atoms with van der Waals surface area (Å²) in [5, 5.41) is 4.13. The lowest BCUT2D eigenvalue weighted by Gasteiger charge is -2.25. The molecule has 1 fully saturated rings. The van der Waals surface area contributed by atoms with Crippen LogP contribution >= 0.6 is 0 Å². The molecule has 6 heteroatoms. The van der Waals surface area contributed by atoms with Crippen molar-refractivity contribution in [1.29, 1.82) is 0 Å². The molecule has 0 aromatic rings. The molecule has 0 spiro atoms. The summed E-state index contributed by atoms with van der Waals surface area (Å²) in [5.41, 5.74) is 2.50. The van der Waals surface area contributed by atoms with E-state index in [0.717, 1.165) is 0 Å². The maximum atomic E-state index is 10.8. The highest BCUT2D eigenvalue weighted by atomic mass is 16.6. The van der Waals surface area contributed by atoms with E-state index in [2.05, 4.69) is 15.5 Å². The van der Waals surface area contributed by atoms with Crippen molar-refractivity contribution in [3.63, 3.8) is 0 Å². The van der Waals surface area contributed by atoms with Gasteiger partial charge in [0, 0.05) is 19.7 Å². The molecule has 0 aromatic carbocycles. The van der Waals surface area contributed by atoms with Crippen LogP contribution in [0, 0.1) is 0 Å². The minimum atomic E-state index is -0.454. The molecule has 1 heterocycles. The molecule has 0 aromatic heterocycles. The number of hydrogen-bond donors (Lipinski definition) is 2. The summed E-state index contributed by atoms with van der Waals surface area (Å²) in [5.74, 6) is -0.162. The van der Waals surface area contributed by atoms with Gasteiger partial charge in [0.1, 0.15) is 6.61 Å². The molecule has 6 nitrogen and oxygen atoms in total. The zero-order valence-electron chi connectivity index (χ0n) is 9.95. The Hall–Kier alpha value is -1.56. The van der Waals surface area contributed by atoms with Gasteiger partial charge in [0.15, 0.2) is 0 Å². The monoisotopic (exact) mass is 229 g/mol. The van der Waals surface area contributed by atoms with Crippen LogP contribution in [0.4, 0.5) is 4.79 Å². The fraction of sp³-hybridized carbons (Fsp3) is 0.600. The first-order valence-corrected chi connectivity index (χ1v) is 5.29. The van der Waals surface area contributed by atoms with E-state index in [9.17, 15) is 9.59 Å². The molecule has 1 aliphatic heterocycles. The second-order valence-corrected chi connectivity index (χ2v) is 2.71. The number of rotatable bonds is 3. The lowest BCUT2D eigenvalue weighted by atomic mass is 10.4. The van der Waals surface area contributed by atoms with Crippen molar-refractivity contribution in [2.24, 2.45) is 0 Å². The number of likely N-dealkylation sites (N-methyl/N-ethyl adjacent to an activating group) is 1. The zero-order chi connectivity index (χ0) is 12.4. The number of amides is 2. The van der Waals surface area contributed by atoms with Crippen LogP contribution in [0.3, 0.4) is 0 Å². The minimum absolute atomic E-state index is 0.162. The predicted molar refractivity (Wildman–Crippen MR) is 60.6 cm³/mol.